The molecular formula is C9H13BrN2O2S2. The van der Waals surface area contributed by atoms with E-state index in [1.165, 1.54) is 15.6 Å². The summed E-state index contributed by atoms with van der Waals surface area (Å²) in [7, 11) is -3.33. The van der Waals surface area contributed by atoms with Crippen molar-refractivity contribution >= 4 is 37.3 Å². The van der Waals surface area contributed by atoms with Crippen LogP contribution >= 0.6 is 27.3 Å². The fourth-order valence-corrected chi connectivity index (χ4v) is 5.55. The van der Waals surface area contributed by atoms with Crippen molar-refractivity contribution < 1.29 is 8.42 Å². The Hall–Kier alpha value is 0.0500. The van der Waals surface area contributed by atoms with Crippen molar-refractivity contribution in [1.29, 1.82) is 0 Å². The molecule has 0 radical (unpaired) electrons. The van der Waals surface area contributed by atoms with Crippen molar-refractivity contribution in [3.63, 3.8) is 0 Å². The molecule has 7 heteroatoms. The van der Waals surface area contributed by atoms with E-state index < -0.39 is 10.0 Å². The average Bonchev–Trinajstić information content (AvgIpc) is 2.75. The second kappa shape index (κ2) is 4.38. The van der Waals surface area contributed by atoms with Gasteiger partial charge in [0.15, 0.2) is 0 Å². The van der Waals surface area contributed by atoms with E-state index in [-0.39, 0.29) is 6.04 Å². The lowest BCUT2D eigenvalue weighted by atomic mass is 10.3. The Morgan fingerprint density at radius 1 is 1.62 bits per heavy atom. The van der Waals surface area contributed by atoms with Gasteiger partial charge in [-0.25, -0.2) is 8.42 Å². The minimum absolute atomic E-state index is 0.0284. The van der Waals surface area contributed by atoms with Gasteiger partial charge in [0.2, 0.25) is 0 Å². The van der Waals surface area contributed by atoms with E-state index in [0.29, 0.717) is 17.3 Å². The van der Waals surface area contributed by atoms with E-state index in [2.05, 4.69) is 15.9 Å². The molecule has 0 amide bonds. The van der Waals surface area contributed by atoms with Gasteiger partial charge in [-0.3, -0.25) is 0 Å². The lowest BCUT2D eigenvalue weighted by Crippen LogP contribution is -2.31. The van der Waals surface area contributed by atoms with E-state index in [1.807, 2.05) is 6.92 Å². The minimum atomic E-state index is -3.33. The molecule has 1 fully saturated rings. The first kappa shape index (κ1) is 12.5. The molecule has 0 bridgehead atoms. The molecule has 0 spiro atoms. The highest BCUT2D eigenvalue weighted by Gasteiger charge is 2.32. The molecule has 1 aliphatic rings. The number of halogens is 1. The van der Waals surface area contributed by atoms with Crippen molar-refractivity contribution in [2.24, 2.45) is 5.73 Å². The molecule has 4 nitrogen and oxygen atoms in total. The first-order chi connectivity index (χ1) is 7.41. The highest BCUT2D eigenvalue weighted by Crippen LogP contribution is 2.33. The van der Waals surface area contributed by atoms with Crippen molar-refractivity contribution in [2.75, 3.05) is 13.1 Å². The zero-order chi connectivity index (χ0) is 11.9. The summed E-state index contributed by atoms with van der Waals surface area (Å²) >= 11 is 4.60. The Kier molecular flexibility index (Phi) is 3.42. The van der Waals surface area contributed by atoms with Crippen LogP contribution in [0.2, 0.25) is 0 Å². The van der Waals surface area contributed by atoms with Gasteiger partial charge in [-0.15, -0.1) is 11.3 Å². The van der Waals surface area contributed by atoms with Crippen LogP contribution in [0.4, 0.5) is 0 Å². The van der Waals surface area contributed by atoms with Gasteiger partial charge in [-0.05, 0) is 40.9 Å². The van der Waals surface area contributed by atoms with E-state index in [0.717, 1.165) is 15.8 Å². The Morgan fingerprint density at radius 2 is 2.31 bits per heavy atom. The molecule has 1 atom stereocenters. The average molecular weight is 325 g/mol. The molecule has 1 saturated heterocycles. The zero-order valence-electron chi connectivity index (χ0n) is 8.81. The number of aryl methyl sites for hydroxylation is 1. The Morgan fingerprint density at radius 3 is 2.75 bits per heavy atom. The van der Waals surface area contributed by atoms with Crippen molar-refractivity contribution in [3.8, 4) is 0 Å². The number of nitrogens with two attached hydrogens (primary N) is 1. The third-order valence-corrected chi connectivity index (χ3v) is 7.07. The summed E-state index contributed by atoms with van der Waals surface area (Å²) in [5.74, 6) is 0. The van der Waals surface area contributed by atoms with Crippen LogP contribution in [0.25, 0.3) is 0 Å². The number of rotatable bonds is 2. The summed E-state index contributed by atoms with van der Waals surface area (Å²) in [6.07, 6.45) is 0.741. The molecule has 0 saturated carbocycles. The van der Waals surface area contributed by atoms with Gasteiger partial charge in [-0.2, -0.15) is 4.31 Å². The summed E-state index contributed by atoms with van der Waals surface area (Å²) in [4.78, 5) is 0. The molecule has 1 aromatic heterocycles. The van der Waals surface area contributed by atoms with Crippen molar-refractivity contribution in [1.82, 2.24) is 4.31 Å². The fourth-order valence-electron chi connectivity index (χ4n) is 1.66. The van der Waals surface area contributed by atoms with Crippen LogP contribution in [-0.4, -0.2) is 31.9 Å². The molecule has 1 aromatic rings. The van der Waals surface area contributed by atoms with E-state index in [4.69, 9.17) is 5.73 Å². The number of hydrogen-bond donors (Lipinski definition) is 1. The molecule has 90 valence electrons. The largest absolute Gasteiger partial charge is 0.326 e. The maximum atomic E-state index is 12.2. The molecule has 1 aliphatic heterocycles. The van der Waals surface area contributed by atoms with Crippen LogP contribution in [-0.2, 0) is 10.0 Å². The van der Waals surface area contributed by atoms with Gasteiger partial charge in [0.25, 0.3) is 10.0 Å². The molecule has 2 heterocycles. The predicted octanol–water partition coefficient (Wildman–Crippen LogP) is 1.54. The number of thiophene rings is 1. The number of nitrogens with zero attached hydrogens (tertiary/aromatic N) is 1. The SMILES string of the molecule is Cc1cc(S(=O)(=O)N2CC[C@H](N)C2)sc1Br. The topological polar surface area (TPSA) is 63.4 Å². The third kappa shape index (κ3) is 2.19. The normalized spacial score (nSPS) is 22.8. The lowest BCUT2D eigenvalue weighted by Gasteiger charge is -2.13. The maximum absolute atomic E-state index is 12.2. The number of sulfonamides is 1. The van der Waals surface area contributed by atoms with Crippen LogP contribution in [0.15, 0.2) is 14.1 Å². The van der Waals surface area contributed by atoms with Gasteiger partial charge >= 0.3 is 0 Å². The third-order valence-electron chi connectivity index (χ3n) is 2.62. The molecule has 16 heavy (non-hydrogen) atoms. The summed E-state index contributed by atoms with van der Waals surface area (Å²) in [6.45, 7) is 2.84. The van der Waals surface area contributed by atoms with Gasteiger partial charge in [0.1, 0.15) is 4.21 Å². The molecular weight excluding hydrogens is 312 g/mol. The van der Waals surface area contributed by atoms with Crippen LogP contribution in [0, 0.1) is 6.92 Å². The minimum Gasteiger partial charge on any atom is -0.326 e. The van der Waals surface area contributed by atoms with E-state index in [1.54, 1.807) is 6.07 Å². The summed E-state index contributed by atoms with van der Waals surface area (Å²) in [5.41, 5.74) is 6.67. The van der Waals surface area contributed by atoms with Crippen molar-refractivity contribution in [3.05, 3.63) is 15.4 Å². The molecule has 0 aromatic carbocycles. The van der Waals surface area contributed by atoms with Gasteiger partial charge in [0.05, 0.1) is 3.79 Å². The first-order valence-corrected chi connectivity index (χ1v) is 7.98. The Balaban J connectivity index is 2.32. The second-order valence-corrected chi connectivity index (χ2v) is 8.47. The molecule has 2 rings (SSSR count). The first-order valence-electron chi connectivity index (χ1n) is 4.93. The molecule has 0 aliphatic carbocycles. The molecule has 0 unspecified atom stereocenters. The van der Waals surface area contributed by atoms with E-state index in [9.17, 15) is 8.42 Å². The smallest absolute Gasteiger partial charge is 0.252 e. The van der Waals surface area contributed by atoms with Crippen LogP contribution < -0.4 is 5.73 Å². The van der Waals surface area contributed by atoms with Crippen LogP contribution in [0.1, 0.15) is 12.0 Å². The lowest BCUT2D eigenvalue weighted by molar-refractivity contribution is 0.474. The highest BCUT2D eigenvalue weighted by molar-refractivity contribution is 9.11. The molecule has 2 N–H and O–H groups in total. The monoisotopic (exact) mass is 324 g/mol. The van der Waals surface area contributed by atoms with Gasteiger partial charge in [-0.1, -0.05) is 0 Å². The second-order valence-electron chi connectivity index (χ2n) is 3.93. The summed E-state index contributed by atoms with van der Waals surface area (Å²) < 4.78 is 27.1. The summed E-state index contributed by atoms with van der Waals surface area (Å²) in [5, 5.41) is 0. The highest BCUT2D eigenvalue weighted by atomic mass is 79.9. The summed E-state index contributed by atoms with van der Waals surface area (Å²) in [6, 6.07) is 1.67. The maximum Gasteiger partial charge on any atom is 0.252 e. The van der Waals surface area contributed by atoms with Crippen LogP contribution in [0.5, 0.6) is 0 Å². The van der Waals surface area contributed by atoms with Crippen molar-refractivity contribution in [2.45, 2.75) is 23.6 Å². The zero-order valence-corrected chi connectivity index (χ0v) is 12.0. The number of hydrogen-bond acceptors (Lipinski definition) is 4. The Labute approximate surface area is 108 Å². The Bertz CT molecular complexity index is 478. The van der Waals surface area contributed by atoms with Gasteiger partial charge < -0.3 is 5.73 Å². The van der Waals surface area contributed by atoms with Crippen LogP contribution in [0.3, 0.4) is 0 Å². The standard InChI is InChI=1S/C9H13BrN2O2S2/c1-6-4-8(15-9(6)10)16(13,14)12-3-2-7(11)5-12/h4,7H,2-3,5,11H2,1H3/t7-/m0/s1. The predicted molar refractivity (Wildman–Crippen MR) is 68.1 cm³/mol. The van der Waals surface area contributed by atoms with Gasteiger partial charge in [0, 0.05) is 19.1 Å². The van der Waals surface area contributed by atoms with E-state index >= 15 is 0 Å². The fraction of sp³-hybridized carbons (Fsp3) is 0.556. The quantitative estimate of drug-likeness (QED) is 0.897.